The van der Waals surface area contributed by atoms with Crippen LogP contribution in [0.5, 0.6) is 0 Å². The second-order valence-corrected chi connectivity index (χ2v) is 3.63. The van der Waals surface area contributed by atoms with E-state index < -0.39 is 0 Å². The lowest BCUT2D eigenvalue weighted by atomic mass is 10.0. The number of pyridine rings is 1. The average Bonchev–Trinajstić information content (AvgIpc) is 2.27. The van der Waals surface area contributed by atoms with Crippen molar-refractivity contribution in [3.63, 3.8) is 0 Å². The van der Waals surface area contributed by atoms with E-state index in [0.717, 1.165) is 0 Å². The maximum absolute atomic E-state index is 13.9. The number of nitrogen functional groups attached to an aromatic ring is 2. The van der Waals surface area contributed by atoms with Gasteiger partial charge in [-0.2, -0.15) is 0 Å². The number of rotatable bonds is 1. The van der Waals surface area contributed by atoms with E-state index in [4.69, 9.17) is 11.5 Å². The van der Waals surface area contributed by atoms with Crippen LogP contribution >= 0.6 is 0 Å². The van der Waals surface area contributed by atoms with E-state index in [1.807, 2.05) is 0 Å². The molecule has 1 heterocycles. The molecule has 0 amide bonds. The highest BCUT2D eigenvalue weighted by Crippen LogP contribution is 2.31. The van der Waals surface area contributed by atoms with Crippen molar-refractivity contribution in [3.8, 4) is 11.1 Å². The largest absolute Gasteiger partial charge is 0.396 e. The lowest BCUT2D eigenvalue weighted by Gasteiger charge is -2.09. The van der Waals surface area contributed by atoms with Gasteiger partial charge < -0.3 is 11.5 Å². The fourth-order valence-corrected chi connectivity index (χ4v) is 1.56. The molecule has 16 heavy (non-hydrogen) atoms. The second-order valence-electron chi connectivity index (χ2n) is 3.63. The Balaban J connectivity index is 2.68. The Kier molecular flexibility index (Phi) is 2.48. The maximum atomic E-state index is 13.9. The van der Waals surface area contributed by atoms with Gasteiger partial charge in [0.1, 0.15) is 5.82 Å². The van der Waals surface area contributed by atoms with Crippen molar-refractivity contribution < 1.29 is 4.39 Å². The number of hydrogen-bond acceptors (Lipinski definition) is 3. The van der Waals surface area contributed by atoms with E-state index in [-0.39, 0.29) is 5.82 Å². The van der Waals surface area contributed by atoms with Crippen molar-refractivity contribution >= 4 is 11.4 Å². The quantitative estimate of drug-likeness (QED) is 0.770. The number of aromatic nitrogens is 1. The third-order valence-corrected chi connectivity index (χ3v) is 2.50. The summed E-state index contributed by atoms with van der Waals surface area (Å²) in [6.45, 7) is 1.70. The first-order chi connectivity index (χ1) is 7.61. The van der Waals surface area contributed by atoms with Gasteiger partial charge in [-0.15, -0.1) is 0 Å². The SMILES string of the molecule is Cc1cccc(-c2cncc(N)c2N)c1F. The van der Waals surface area contributed by atoms with Gasteiger partial charge in [0.2, 0.25) is 0 Å². The normalized spacial score (nSPS) is 10.4. The molecule has 3 nitrogen and oxygen atoms in total. The van der Waals surface area contributed by atoms with Gasteiger partial charge in [0.15, 0.2) is 0 Å². The summed E-state index contributed by atoms with van der Waals surface area (Å²) in [5, 5.41) is 0. The molecule has 2 aromatic rings. The van der Waals surface area contributed by atoms with E-state index in [9.17, 15) is 4.39 Å². The fraction of sp³-hybridized carbons (Fsp3) is 0.0833. The van der Waals surface area contributed by atoms with Crippen molar-refractivity contribution in [2.45, 2.75) is 6.92 Å². The Morgan fingerprint density at radius 3 is 2.62 bits per heavy atom. The Morgan fingerprint density at radius 1 is 1.12 bits per heavy atom. The van der Waals surface area contributed by atoms with Crippen molar-refractivity contribution in [3.05, 3.63) is 42.0 Å². The predicted molar refractivity (Wildman–Crippen MR) is 63.2 cm³/mol. The van der Waals surface area contributed by atoms with Gasteiger partial charge in [0.05, 0.1) is 17.6 Å². The van der Waals surface area contributed by atoms with Crippen LogP contribution in [0.15, 0.2) is 30.6 Å². The Hall–Kier alpha value is -2.10. The smallest absolute Gasteiger partial charge is 0.134 e. The van der Waals surface area contributed by atoms with Crippen molar-refractivity contribution in [1.82, 2.24) is 4.98 Å². The molecule has 2 rings (SSSR count). The predicted octanol–water partition coefficient (Wildman–Crippen LogP) is 2.36. The summed E-state index contributed by atoms with van der Waals surface area (Å²) in [6.07, 6.45) is 2.97. The van der Waals surface area contributed by atoms with Crippen LogP contribution in [0.3, 0.4) is 0 Å². The van der Waals surface area contributed by atoms with Gasteiger partial charge in [0, 0.05) is 17.3 Å². The third kappa shape index (κ3) is 1.58. The van der Waals surface area contributed by atoms with Gasteiger partial charge >= 0.3 is 0 Å². The van der Waals surface area contributed by atoms with E-state index in [2.05, 4.69) is 4.98 Å². The zero-order valence-corrected chi connectivity index (χ0v) is 8.87. The number of hydrogen-bond donors (Lipinski definition) is 2. The lowest BCUT2D eigenvalue weighted by Crippen LogP contribution is -1.99. The lowest BCUT2D eigenvalue weighted by molar-refractivity contribution is 0.622. The topological polar surface area (TPSA) is 64.9 Å². The van der Waals surface area contributed by atoms with Gasteiger partial charge in [-0.1, -0.05) is 18.2 Å². The molecular formula is C12H12FN3. The van der Waals surface area contributed by atoms with Crippen LogP contribution in [0, 0.1) is 12.7 Å². The molecule has 4 heteroatoms. The molecule has 0 saturated carbocycles. The first-order valence-electron chi connectivity index (χ1n) is 4.85. The summed E-state index contributed by atoms with van der Waals surface area (Å²) in [4.78, 5) is 3.92. The zero-order valence-electron chi connectivity index (χ0n) is 8.87. The van der Waals surface area contributed by atoms with Gasteiger partial charge in [-0.05, 0) is 12.5 Å². The molecule has 82 valence electrons. The van der Waals surface area contributed by atoms with Gasteiger partial charge in [0.25, 0.3) is 0 Å². The molecular weight excluding hydrogens is 205 g/mol. The Bertz CT molecular complexity index is 488. The molecule has 0 unspecified atom stereocenters. The molecule has 1 aromatic carbocycles. The number of halogens is 1. The van der Waals surface area contributed by atoms with Crippen LogP contribution in [-0.4, -0.2) is 4.98 Å². The minimum Gasteiger partial charge on any atom is -0.396 e. The molecule has 0 bridgehead atoms. The summed E-state index contributed by atoms with van der Waals surface area (Å²) < 4.78 is 13.9. The van der Waals surface area contributed by atoms with E-state index in [1.165, 1.54) is 12.4 Å². The van der Waals surface area contributed by atoms with Crippen LogP contribution in [0.25, 0.3) is 11.1 Å². The fourth-order valence-electron chi connectivity index (χ4n) is 1.56. The monoisotopic (exact) mass is 217 g/mol. The summed E-state index contributed by atoms with van der Waals surface area (Å²) in [5.74, 6) is -0.290. The van der Waals surface area contributed by atoms with Crippen LogP contribution in [0.1, 0.15) is 5.56 Å². The van der Waals surface area contributed by atoms with E-state index in [1.54, 1.807) is 25.1 Å². The number of benzene rings is 1. The molecule has 0 atom stereocenters. The highest BCUT2D eigenvalue weighted by molar-refractivity contribution is 5.83. The molecule has 0 spiro atoms. The molecule has 0 aliphatic carbocycles. The first kappa shape index (κ1) is 10.4. The van der Waals surface area contributed by atoms with Crippen LogP contribution in [0.4, 0.5) is 15.8 Å². The van der Waals surface area contributed by atoms with Crippen molar-refractivity contribution in [1.29, 1.82) is 0 Å². The number of aryl methyl sites for hydroxylation is 1. The molecule has 0 aliphatic rings. The maximum Gasteiger partial charge on any atom is 0.134 e. The van der Waals surface area contributed by atoms with Crippen molar-refractivity contribution in [2.75, 3.05) is 11.5 Å². The molecule has 0 aliphatic heterocycles. The molecule has 1 aromatic heterocycles. The second kappa shape index (κ2) is 3.81. The number of anilines is 2. The summed E-state index contributed by atoms with van der Waals surface area (Å²) >= 11 is 0. The summed E-state index contributed by atoms with van der Waals surface area (Å²) in [7, 11) is 0. The summed E-state index contributed by atoms with van der Waals surface area (Å²) in [5.41, 5.74) is 13.7. The van der Waals surface area contributed by atoms with Crippen LogP contribution in [0.2, 0.25) is 0 Å². The zero-order chi connectivity index (χ0) is 11.7. The number of nitrogens with zero attached hydrogens (tertiary/aromatic N) is 1. The molecule has 0 saturated heterocycles. The Morgan fingerprint density at radius 2 is 1.88 bits per heavy atom. The number of nitrogens with two attached hydrogens (primary N) is 2. The summed E-state index contributed by atoms with van der Waals surface area (Å²) in [6, 6.07) is 5.14. The minimum atomic E-state index is -0.290. The standard InChI is InChI=1S/C12H12FN3/c1-7-3-2-4-8(11(7)13)9-5-16-6-10(14)12(9)15/h2-6H,14H2,1H3,(H2,15,16). The highest BCUT2D eigenvalue weighted by atomic mass is 19.1. The van der Waals surface area contributed by atoms with E-state index >= 15 is 0 Å². The Labute approximate surface area is 92.9 Å². The highest BCUT2D eigenvalue weighted by Gasteiger charge is 2.11. The van der Waals surface area contributed by atoms with E-state index in [0.29, 0.717) is 28.1 Å². The van der Waals surface area contributed by atoms with Crippen molar-refractivity contribution in [2.24, 2.45) is 0 Å². The molecule has 0 fully saturated rings. The molecule has 4 N–H and O–H groups in total. The van der Waals surface area contributed by atoms with Crippen LogP contribution in [-0.2, 0) is 0 Å². The van der Waals surface area contributed by atoms with Gasteiger partial charge in [-0.3, -0.25) is 4.98 Å². The first-order valence-corrected chi connectivity index (χ1v) is 4.85. The minimum absolute atomic E-state index is 0.290. The molecule has 0 radical (unpaired) electrons. The van der Waals surface area contributed by atoms with Crippen LogP contribution < -0.4 is 11.5 Å². The third-order valence-electron chi connectivity index (χ3n) is 2.50. The van der Waals surface area contributed by atoms with Gasteiger partial charge in [-0.25, -0.2) is 4.39 Å². The average molecular weight is 217 g/mol.